The molecule has 0 unspecified atom stereocenters. The number of aryl methyl sites for hydroxylation is 1. The van der Waals surface area contributed by atoms with Gasteiger partial charge in [0, 0.05) is 19.1 Å². The molecule has 2 amide bonds. The van der Waals surface area contributed by atoms with E-state index >= 15 is 0 Å². The van der Waals surface area contributed by atoms with Gasteiger partial charge in [0.15, 0.2) is 6.10 Å². The van der Waals surface area contributed by atoms with Crippen LogP contribution in [0, 0.1) is 0 Å². The molecule has 0 saturated heterocycles. The van der Waals surface area contributed by atoms with Crippen LogP contribution >= 0.6 is 0 Å². The fraction of sp³-hybridized carbons (Fsp3) is 0.364. The highest BCUT2D eigenvalue weighted by Gasteiger charge is 2.29. The van der Waals surface area contributed by atoms with Crippen molar-refractivity contribution in [1.29, 1.82) is 0 Å². The van der Waals surface area contributed by atoms with Gasteiger partial charge in [-0.25, -0.2) is 5.48 Å². The number of hydrogen-bond acceptors (Lipinski definition) is 7. The maximum atomic E-state index is 12.9. The first-order valence-corrected chi connectivity index (χ1v) is 10.00. The van der Waals surface area contributed by atoms with Crippen LogP contribution in [0.25, 0.3) is 0 Å². The molecule has 2 bridgehead atoms. The number of methoxy groups -OCH3 is 1. The largest absolute Gasteiger partial charge is 0.497 e. The first kappa shape index (κ1) is 22.5. The lowest BCUT2D eigenvalue weighted by Crippen LogP contribution is -2.47. The van der Waals surface area contributed by atoms with Gasteiger partial charge in [-0.05, 0) is 48.2 Å². The molecular weight excluding hydrogens is 402 g/mol. The van der Waals surface area contributed by atoms with E-state index in [2.05, 4.69) is 5.32 Å². The summed E-state index contributed by atoms with van der Waals surface area (Å²) < 4.78 is 17.1. The van der Waals surface area contributed by atoms with Crippen molar-refractivity contribution < 1.29 is 29.0 Å². The number of carbonyl (C=O) groups excluding carboxylic acids is 2. The SMILES string of the molecule is COc1cc2cc(c1)COc1ccccc1NC(=O)[C@H]([C@H](N)CC(=O)NO)OCCC2. The van der Waals surface area contributed by atoms with Crippen molar-refractivity contribution >= 4 is 17.5 Å². The van der Waals surface area contributed by atoms with E-state index in [1.165, 1.54) is 5.48 Å². The minimum Gasteiger partial charge on any atom is -0.497 e. The topological polar surface area (TPSA) is 132 Å². The highest BCUT2D eigenvalue weighted by molar-refractivity contribution is 5.96. The number of ether oxygens (including phenoxy) is 3. The minimum atomic E-state index is -1.09. The molecule has 166 valence electrons. The number of carbonyl (C=O) groups is 2. The van der Waals surface area contributed by atoms with Crippen molar-refractivity contribution in [3.05, 3.63) is 53.6 Å². The lowest BCUT2D eigenvalue weighted by Gasteiger charge is -2.24. The molecule has 2 atom stereocenters. The summed E-state index contributed by atoms with van der Waals surface area (Å²) in [4.78, 5) is 24.5. The zero-order valence-corrected chi connectivity index (χ0v) is 17.3. The number of nitrogens with one attached hydrogen (secondary N) is 2. The van der Waals surface area contributed by atoms with Crippen LogP contribution < -0.4 is 26.0 Å². The Morgan fingerprint density at radius 3 is 2.87 bits per heavy atom. The van der Waals surface area contributed by atoms with Crippen LogP contribution in [0.4, 0.5) is 5.69 Å². The van der Waals surface area contributed by atoms with Gasteiger partial charge in [0.1, 0.15) is 18.1 Å². The Kier molecular flexibility index (Phi) is 7.82. The number of nitrogens with two attached hydrogens (primary N) is 1. The van der Waals surface area contributed by atoms with Crippen LogP contribution in [0.5, 0.6) is 11.5 Å². The fourth-order valence-electron chi connectivity index (χ4n) is 3.38. The van der Waals surface area contributed by atoms with Crippen molar-refractivity contribution in [3.8, 4) is 11.5 Å². The first-order valence-electron chi connectivity index (χ1n) is 10.00. The Bertz CT molecular complexity index is 920. The first-order chi connectivity index (χ1) is 15.0. The van der Waals surface area contributed by atoms with Gasteiger partial charge >= 0.3 is 0 Å². The monoisotopic (exact) mass is 429 g/mol. The van der Waals surface area contributed by atoms with E-state index in [1.54, 1.807) is 31.4 Å². The maximum Gasteiger partial charge on any atom is 0.255 e. The fourth-order valence-corrected chi connectivity index (χ4v) is 3.38. The molecule has 9 nitrogen and oxygen atoms in total. The predicted octanol–water partition coefficient (Wildman–Crippen LogP) is 1.77. The van der Waals surface area contributed by atoms with E-state index < -0.39 is 24.0 Å². The molecule has 0 radical (unpaired) electrons. The van der Waals surface area contributed by atoms with Crippen molar-refractivity contribution in [2.45, 2.75) is 38.0 Å². The summed E-state index contributed by atoms with van der Waals surface area (Å²) in [5, 5.41) is 11.6. The van der Waals surface area contributed by atoms with Crippen LogP contribution in [0.15, 0.2) is 42.5 Å². The molecule has 1 aliphatic heterocycles. The Morgan fingerprint density at radius 1 is 1.32 bits per heavy atom. The number of amides is 2. The number of anilines is 1. The Labute approximate surface area is 180 Å². The van der Waals surface area contributed by atoms with Gasteiger partial charge in [0.05, 0.1) is 12.8 Å². The molecule has 0 saturated carbocycles. The normalized spacial score (nSPS) is 17.9. The second-order valence-corrected chi connectivity index (χ2v) is 7.26. The zero-order chi connectivity index (χ0) is 22.2. The third-order valence-electron chi connectivity index (χ3n) is 4.90. The van der Waals surface area contributed by atoms with E-state index in [0.29, 0.717) is 30.9 Å². The average Bonchev–Trinajstić information content (AvgIpc) is 2.77. The van der Waals surface area contributed by atoms with E-state index in [-0.39, 0.29) is 13.0 Å². The van der Waals surface area contributed by atoms with E-state index in [1.807, 2.05) is 18.2 Å². The van der Waals surface area contributed by atoms with Crippen molar-refractivity contribution in [1.82, 2.24) is 5.48 Å². The molecule has 0 spiro atoms. The lowest BCUT2D eigenvalue weighted by atomic mass is 10.1. The second kappa shape index (κ2) is 10.8. The molecule has 2 aromatic carbocycles. The zero-order valence-electron chi connectivity index (χ0n) is 17.3. The number of hydroxylamine groups is 1. The molecular formula is C22H27N3O6. The summed E-state index contributed by atoms with van der Waals surface area (Å²) in [6, 6.07) is 12.0. The van der Waals surface area contributed by atoms with Gasteiger partial charge < -0.3 is 25.3 Å². The summed E-state index contributed by atoms with van der Waals surface area (Å²) in [5.41, 5.74) is 10.0. The predicted molar refractivity (Wildman–Crippen MR) is 113 cm³/mol. The smallest absolute Gasteiger partial charge is 0.255 e. The minimum absolute atomic E-state index is 0.261. The second-order valence-electron chi connectivity index (χ2n) is 7.26. The third kappa shape index (κ3) is 6.17. The van der Waals surface area contributed by atoms with Crippen molar-refractivity contribution in [2.75, 3.05) is 19.0 Å². The Hall–Kier alpha value is -3.14. The summed E-state index contributed by atoms with van der Waals surface area (Å²) >= 11 is 0. The molecule has 0 aliphatic carbocycles. The van der Waals surface area contributed by atoms with Crippen molar-refractivity contribution in [3.63, 3.8) is 0 Å². The molecule has 0 aromatic heterocycles. The lowest BCUT2D eigenvalue weighted by molar-refractivity contribution is -0.133. The number of benzene rings is 2. The van der Waals surface area contributed by atoms with Crippen LogP contribution in [-0.2, 0) is 27.4 Å². The highest BCUT2D eigenvalue weighted by atomic mass is 16.5. The van der Waals surface area contributed by atoms with Gasteiger partial charge in [-0.15, -0.1) is 0 Å². The Balaban J connectivity index is 1.89. The summed E-state index contributed by atoms with van der Waals surface area (Å²) in [6.45, 7) is 0.560. The van der Waals surface area contributed by atoms with Crippen LogP contribution in [-0.4, -0.2) is 42.9 Å². The van der Waals surface area contributed by atoms with Gasteiger partial charge in [0.2, 0.25) is 5.91 Å². The van der Waals surface area contributed by atoms with E-state index in [4.69, 9.17) is 25.2 Å². The third-order valence-corrected chi connectivity index (χ3v) is 4.90. The standard InChI is InChI=1S/C22H27N3O6/c1-29-16-10-14-5-4-8-30-21(17(23)12-20(26)25-28)22(27)24-18-6-2-3-7-19(18)31-13-15(9-14)11-16/h2-3,6-7,9-11,17,21,28H,4-5,8,12-13,23H2,1H3,(H,24,27)(H,25,26)/t17-,21+/m1/s1. The van der Waals surface area contributed by atoms with Gasteiger partial charge in [-0.3, -0.25) is 14.8 Å². The maximum absolute atomic E-state index is 12.9. The highest BCUT2D eigenvalue weighted by Crippen LogP contribution is 2.27. The van der Waals surface area contributed by atoms with Gasteiger partial charge in [-0.2, -0.15) is 0 Å². The van der Waals surface area contributed by atoms with E-state index in [9.17, 15) is 9.59 Å². The summed E-state index contributed by atoms with van der Waals surface area (Å²) in [7, 11) is 1.62. The van der Waals surface area contributed by atoms with E-state index in [0.717, 1.165) is 16.9 Å². The van der Waals surface area contributed by atoms with Crippen LogP contribution in [0.3, 0.4) is 0 Å². The van der Waals surface area contributed by atoms with Gasteiger partial charge in [0.25, 0.3) is 5.91 Å². The number of para-hydroxylation sites is 2. The average molecular weight is 429 g/mol. The summed E-state index contributed by atoms with van der Waals surface area (Å²) in [6.07, 6.45) is -0.0330. The van der Waals surface area contributed by atoms with Crippen LogP contribution in [0.1, 0.15) is 24.0 Å². The number of fused-ring (bicyclic) bond motifs is 3. The molecule has 5 N–H and O–H groups in total. The van der Waals surface area contributed by atoms with Crippen molar-refractivity contribution in [2.24, 2.45) is 5.73 Å². The quantitative estimate of drug-likeness (QED) is 0.430. The van der Waals surface area contributed by atoms with Gasteiger partial charge in [-0.1, -0.05) is 18.2 Å². The molecule has 1 heterocycles. The molecule has 9 heteroatoms. The molecule has 0 fully saturated rings. The van der Waals surface area contributed by atoms with Crippen LogP contribution in [0.2, 0.25) is 0 Å². The molecule has 31 heavy (non-hydrogen) atoms. The summed E-state index contributed by atoms with van der Waals surface area (Å²) in [5.74, 6) is 0.0285. The number of rotatable bonds is 4. The molecule has 2 aromatic rings. The molecule has 1 aliphatic rings. The Morgan fingerprint density at radius 2 is 2.10 bits per heavy atom. The molecule has 3 rings (SSSR count). The number of hydrogen-bond donors (Lipinski definition) is 4.